The van der Waals surface area contributed by atoms with Crippen LogP contribution in [-0.4, -0.2) is 5.78 Å². The van der Waals surface area contributed by atoms with E-state index in [0.717, 1.165) is 18.2 Å². The maximum Gasteiger partial charge on any atom is 0.199 e. The smallest absolute Gasteiger partial charge is 0.199 e. The zero-order valence-corrected chi connectivity index (χ0v) is 9.38. The summed E-state index contributed by atoms with van der Waals surface area (Å²) in [6.07, 6.45) is 0. The molecule has 1 aromatic heterocycles. The van der Waals surface area contributed by atoms with Crippen LogP contribution in [-0.2, 0) is 0 Å². The summed E-state index contributed by atoms with van der Waals surface area (Å²) in [5.74, 6) is -1.00. The van der Waals surface area contributed by atoms with E-state index in [-0.39, 0.29) is 11.1 Å². The molecule has 0 radical (unpaired) electrons. The molecule has 1 heterocycles. The van der Waals surface area contributed by atoms with E-state index >= 15 is 0 Å². The van der Waals surface area contributed by atoms with E-state index in [1.165, 1.54) is 6.07 Å². The van der Waals surface area contributed by atoms with Crippen LogP contribution in [0.2, 0.25) is 0 Å². The molecule has 88 valence electrons. The van der Waals surface area contributed by atoms with Crippen LogP contribution in [0, 0.1) is 25.5 Å². The molecule has 0 amide bonds. The zero-order chi connectivity index (χ0) is 12.6. The summed E-state index contributed by atoms with van der Waals surface area (Å²) < 4.78 is 31.6. The summed E-state index contributed by atoms with van der Waals surface area (Å²) in [5, 5.41) is 0. The fourth-order valence-electron chi connectivity index (χ4n) is 1.67. The van der Waals surface area contributed by atoms with Crippen LogP contribution >= 0.6 is 0 Å². The number of carbonyl (C=O) groups excluding carboxylic acids is 1. The monoisotopic (exact) mass is 236 g/mol. The first-order chi connectivity index (χ1) is 7.99. The Kier molecular flexibility index (Phi) is 2.79. The van der Waals surface area contributed by atoms with Crippen molar-refractivity contribution in [3.63, 3.8) is 0 Å². The third kappa shape index (κ3) is 2.11. The molecule has 0 fully saturated rings. The van der Waals surface area contributed by atoms with Gasteiger partial charge in [-0.25, -0.2) is 8.78 Å². The van der Waals surface area contributed by atoms with Crippen molar-refractivity contribution < 1.29 is 18.0 Å². The van der Waals surface area contributed by atoms with Gasteiger partial charge in [-0.3, -0.25) is 4.79 Å². The molecule has 0 atom stereocenters. The third-order valence-corrected chi connectivity index (χ3v) is 2.46. The number of rotatable bonds is 2. The minimum absolute atomic E-state index is 0.256. The van der Waals surface area contributed by atoms with Crippen molar-refractivity contribution in [2.24, 2.45) is 0 Å². The summed E-state index contributed by atoms with van der Waals surface area (Å²) in [7, 11) is 0. The SMILES string of the molecule is Cc1cc(C(=O)c2cc(F)ccc2F)c(C)o1. The first kappa shape index (κ1) is 11.5. The Bertz CT molecular complexity index is 585. The molecule has 0 aliphatic carbocycles. The van der Waals surface area contributed by atoms with E-state index in [0.29, 0.717) is 11.5 Å². The molecule has 17 heavy (non-hydrogen) atoms. The Morgan fingerprint density at radius 1 is 1.12 bits per heavy atom. The van der Waals surface area contributed by atoms with E-state index in [4.69, 9.17) is 4.42 Å². The lowest BCUT2D eigenvalue weighted by Crippen LogP contribution is -2.05. The molecule has 4 heteroatoms. The predicted molar refractivity (Wildman–Crippen MR) is 58.0 cm³/mol. The van der Waals surface area contributed by atoms with Gasteiger partial charge in [0, 0.05) is 0 Å². The number of hydrogen-bond donors (Lipinski definition) is 0. The second-order valence-corrected chi connectivity index (χ2v) is 3.78. The van der Waals surface area contributed by atoms with Crippen molar-refractivity contribution in [3.05, 3.63) is 58.5 Å². The maximum atomic E-state index is 13.4. The van der Waals surface area contributed by atoms with Crippen LogP contribution in [0.25, 0.3) is 0 Å². The number of benzene rings is 1. The average molecular weight is 236 g/mol. The first-order valence-corrected chi connectivity index (χ1v) is 5.06. The summed E-state index contributed by atoms with van der Waals surface area (Å²) >= 11 is 0. The number of hydrogen-bond acceptors (Lipinski definition) is 2. The molecule has 0 N–H and O–H groups in total. The molecule has 2 rings (SSSR count). The van der Waals surface area contributed by atoms with E-state index in [9.17, 15) is 13.6 Å². The molecule has 1 aromatic carbocycles. The van der Waals surface area contributed by atoms with Crippen molar-refractivity contribution in [2.75, 3.05) is 0 Å². The predicted octanol–water partition coefficient (Wildman–Crippen LogP) is 3.41. The largest absolute Gasteiger partial charge is 0.466 e. The molecule has 0 unspecified atom stereocenters. The highest BCUT2D eigenvalue weighted by molar-refractivity contribution is 6.09. The van der Waals surface area contributed by atoms with Crippen molar-refractivity contribution in [1.82, 2.24) is 0 Å². The topological polar surface area (TPSA) is 30.2 Å². The molecule has 0 aliphatic rings. The Hall–Kier alpha value is -1.97. The zero-order valence-electron chi connectivity index (χ0n) is 9.38. The molecule has 0 bridgehead atoms. The fourth-order valence-corrected chi connectivity index (χ4v) is 1.67. The van der Waals surface area contributed by atoms with Gasteiger partial charge in [0.25, 0.3) is 0 Å². The molecule has 0 saturated carbocycles. The van der Waals surface area contributed by atoms with Crippen molar-refractivity contribution in [2.45, 2.75) is 13.8 Å². The van der Waals surface area contributed by atoms with Crippen LogP contribution < -0.4 is 0 Å². The Morgan fingerprint density at radius 3 is 2.41 bits per heavy atom. The van der Waals surface area contributed by atoms with Crippen LogP contribution in [0.5, 0.6) is 0 Å². The van der Waals surface area contributed by atoms with Crippen LogP contribution in [0.3, 0.4) is 0 Å². The second kappa shape index (κ2) is 4.13. The normalized spacial score (nSPS) is 10.6. The van der Waals surface area contributed by atoms with Gasteiger partial charge in [-0.1, -0.05) is 0 Å². The van der Waals surface area contributed by atoms with Gasteiger partial charge in [-0.2, -0.15) is 0 Å². The van der Waals surface area contributed by atoms with Crippen LogP contribution in [0.15, 0.2) is 28.7 Å². The summed E-state index contributed by atoms with van der Waals surface area (Å²) in [5.41, 5.74) is -0.0269. The van der Waals surface area contributed by atoms with Gasteiger partial charge in [-0.05, 0) is 38.1 Å². The van der Waals surface area contributed by atoms with Crippen LogP contribution in [0.4, 0.5) is 8.78 Å². The Labute approximate surface area is 96.9 Å². The summed E-state index contributed by atoms with van der Waals surface area (Å²) in [6, 6.07) is 4.31. The highest BCUT2D eigenvalue weighted by Crippen LogP contribution is 2.20. The van der Waals surface area contributed by atoms with E-state index in [1.807, 2.05) is 0 Å². The van der Waals surface area contributed by atoms with Gasteiger partial charge in [0.2, 0.25) is 0 Å². The third-order valence-electron chi connectivity index (χ3n) is 2.46. The standard InChI is InChI=1S/C13H10F2O2/c1-7-5-10(8(2)17-7)13(16)11-6-9(14)3-4-12(11)15/h3-6H,1-2H3. The summed E-state index contributed by atoms with van der Waals surface area (Å²) in [4.78, 5) is 12.0. The number of ketones is 1. The number of halogens is 2. The lowest BCUT2D eigenvalue weighted by atomic mass is 10.0. The number of aryl methyl sites for hydroxylation is 2. The van der Waals surface area contributed by atoms with Gasteiger partial charge in [0.05, 0.1) is 11.1 Å². The Balaban J connectivity index is 2.50. The van der Waals surface area contributed by atoms with Gasteiger partial charge in [0.15, 0.2) is 5.78 Å². The van der Waals surface area contributed by atoms with Crippen molar-refractivity contribution >= 4 is 5.78 Å². The second-order valence-electron chi connectivity index (χ2n) is 3.78. The molecule has 2 nitrogen and oxygen atoms in total. The Morgan fingerprint density at radius 2 is 1.82 bits per heavy atom. The van der Waals surface area contributed by atoms with Gasteiger partial charge >= 0.3 is 0 Å². The summed E-state index contributed by atoms with van der Waals surface area (Å²) in [6.45, 7) is 3.29. The van der Waals surface area contributed by atoms with Crippen molar-refractivity contribution in [3.8, 4) is 0 Å². The number of carbonyl (C=O) groups is 1. The molecular weight excluding hydrogens is 226 g/mol. The minimum atomic E-state index is -0.741. The first-order valence-electron chi connectivity index (χ1n) is 5.06. The lowest BCUT2D eigenvalue weighted by Gasteiger charge is -2.01. The van der Waals surface area contributed by atoms with Crippen molar-refractivity contribution in [1.29, 1.82) is 0 Å². The quantitative estimate of drug-likeness (QED) is 0.748. The molecule has 0 spiro atoms. The average Bonchev–Trinajstić information content (AvgIpc) is 2.60. The minimum Gasteiger partial charge on any atom is -0.466 e. The molecule has 2 aromatic rings. The van der Waals surface area contributed by atoms with Gasteiger partial charge in [-0.15, -0.1) is 0 Å². The maximum absolute atomic E-state index is 13.4. The van der Waals surface area contributed by atoms with Crippen LogP contribution in [0.1, 0.15) is 27.4 Å². The van der Waals surface area contributed by atoms with E-state index in [1.54, 1.807) is 13.8 Å². The highest BCUT2D eigenvalue weighted by atomic mass is 19.1. The highest BCUT2D eigenvalue weighted by Gasteiger charge is 2.19. The van der Waals surface area contributed by atoms with E-state index < -0.39 is 17.4 Å². The molecule has 0 aliphatic heterocycles. The lowest BCUT2D eigenvalue weighted by molar-refractivity contribution is 0.103. The fraction of sp³-hybridized carbons (Fsp3) is 0.154. The van der Waals surface area contributed by atoms with E-state index in [2.05, 4.69) is 0 Å². The van der Waals surface area contributed by atoms with Gasteiger partial charge in [0.1, 0.15) is 23.2 Å². The van der Waals surface area contributed by atoms with Gasteiger partial charge < -0.3 is 4.42 Å². The molecular formula is C13H10F2O2. The number of furan rings is 1. The molecule has 0 saturated heterocycles.